The first kappa shape index (κ1) is 25.3. The van der Waals surface area contributed by atoms with Crippen LogP contribution in [0, 0.1) is 21.7 Å². The maximum absolute atomic E-state index is 13.5. The zero-order valence-corrected chi connectivity index (χ0v) is 23.5. The maximum atomic E-state index is 13.5. The zero-order valence-electron chi connectivity index (χ0n) is 23.5. The van der Waals surface area contributed by atoms with E-state index < -0.39 is 10.8 Å². The number of carbonyl (C=O) groups is 4. The highest BCUT2D eigenvalue weighted by molar-refractivity contribution is 6.15. The van der Waals surface area contributed by atoms with E-state index in [9.17, 15) is 19.2 Å². The Bertz CT molecular complexity index is 1300. The molecule has 0 saturated heterocycles. The van der Waals surface area contributed by atoms with Crippen molar-refractivity contribution in [2.45, 2.75) is 66.2 Å². The Morgan fingerprint density at radius 2 is 0.895 bits per heavy atom. The SMILES string of the molecule is CN1CC2(Cc3ccc4ccc5c(c4c31)N(C)CC1(C5)C(=O)CC(C)(C)CC1=O)C(=O)CC(C)(C)CC2=O. The molecule has 2 aliphatic carbocycles. The monoisotopic (exact) mass is 514 g/mol. The number of carbonyl (C=O) groups excluding carboxylic acids is 4. The second kappa shape index (κ2) is 7.77. The molecule has 2 aromatic carbocycles. The van der Waals surface area contributed by atoms with Gasteiger partial charge in [0, 0.05) is 69.6 Å². The van der Waals surface area contributed by atoms with Crippen molar-refractivity contribution in [2.24, 2.45) is 21.7 Å². The van der Waals surface area contributed by atoms with Gasteiger partial charge in [0.15, 0.2) is 0 Å². The molecule has 0 radical (unpaired) electrons. The van der Waals surface area contributed by atoms with Gasteiger partial charge in [-0.15, -0.1) is 0 Å². The largest absolute Gasteiger partial charge is 0.372 e. The molecular formula is C32H38N2O4. The van der Waals surface area contributed by atoms with Crippen LogP contribution in [0.5, 0.6) is 0 Å². The smallest absolute Gasteiger partial charge is 0.149 e. The van der Waals surface area contributed by atoms with Crippen molar-refractivity contribution in [2.75, 3.05) is 37.0 Å². The summed E-state index contributed by atoms with van der Waals surface area (Å²) in [6.07, 6.45) is 2.56. The fourth-order valence-electron chi connectivity index (χ4n) is 7.95. The van der Waals surface area contributed by atoms with Gasteiger partial charge in [-0.25, -0.2) is 0 Å². The van der Waals surface area contributed by atoms with Gasteiger partial charge in [-0.3, -0.25) is 19.2 Å². The Kier molecular flexibility index (Phi) is 5.17. The van der Waals surface area contributed by atoms with E-state index in [4.69, 9.17) is 0 Å². The molecule has 2 heterocycles. The molecule has 0 aromatic heterocycles. The second-order valence-electron chi connectivity index (χ2n) is 14.2. The van der Waals surface area contributed by atoms with E-state index in [2.05, 4.69) is 34.1 Å². The first-order chi connectivity index (χ1) is 17.7. The predicted molar refractivity (Wildman–Crippen MR) is 149 cm³/mol. The molecule has 0 N–H and O–H groups in total. The highest BCUT2D eigenvalue weighted by atomic mass is 16.2. The minimum absolute atomic E-state index is 0.0581. The number of hydrogen-bond acceptors (Lipinski definition) is 6. The van der Waals surface area contributed by atoms with Crippen molar-refractivity contribution in [1.29, 1.82) is 0 Å². The van der Waals surface area contributed by atoms with E-state index in [0.29, 0.717) is 51.6 Å². The molecule has 0 amide bonds. The highest BCUT2D eigenvalue weighted by Crippen LogP contribution is 2.52. The maximum Gasteiger partial charge on any atom is 0.149 e. The summed E-state index contributed by atoms with van der Waals surface area (Å²) in [4.78, 5) is 58.0. The molecule has 4 aliphatic rings. The number of ketones is 4. The lowest BCUT2D eigenvalue weighted by molar-refractivity contribution is -0.149. The van der Waals surface area contributed by atoms with Crippen molar-refractivity contribution in [3.8, 4) is 0 Å². The lowest BCUT2D eigenvalue weighted by Gasteiger charge is -2.48. The summed E-state index contributed by atoms with van der Waals surface area (Å²) in [5, 5.41) is 2.17. The minimum Gasteiger partial charge on any atom is -0.372 e. The van der Waals surface area contributed by atoms with Crippen LogP contribution in [0.3, 0.4) is 0 Å². The molecule has 0 bridgehead atoms. The summed E-state index contributed by atoms with van der Waals surface area (Å²) in [6, 6.07) is 8.31. The van der Waals surface area contributed by atoms with Gasteiger partial charge < -0.3 is 9.80 Å². The molecule has 6 rings (SSSR count). The third kappa shape index (κ3) is 3.44. The quantitative estimate of drug-likeness (QED) is 0.474. The van der Waals surface area contributed by atoms with E-state index in [1.54, 1.807) is 0 Å². The topological polar surface area (TPSA) is 74.8 Å². The van der Waals surface area contributed by atoms with Crippen LogP contribution in [0.4, 0.5) is 11.4 Å². The molecule has 38 heavy (non-hydrogen) atoms. The van der Waals surface area contributed by atoms with Crippen LogP contribution in [0.1, 0.15) is 64.5 Å². The van der Waals surface area contributed by atoms with Crippen molar-refractivity contribution in [3.05, 3.63) is 35.4 Å². The first-order valence-electron chi connectivity index (χ1n) is 13.8. The van der Waals surface area contributed by atoms with Gasteiger partial charge in [0.2, 0.25) is 0 Å². The third-order valence-corrected chi connectivity index (χ3v) is 9.75. The van der Waals surface area contributed by atoms with E-state index in [0.717, 1.165) is 33.3 Å². The molecule has 6 heteroatoms. The van der Waals surface area contributed by atoms with Crippen molar-refractivity contribution in [1.82, 2.24) is 0 Å². The van der Waals surface area contributed by atoms with Crippen LogP contribution >= 0.6 is 0 Å². The number of hydrogen-bond donors (Lipinski definition) is 0. The van der Waals surface area contributed by atoms with Crippen LogP contribution in [-0.4, -0.2) is 50.3 Å². The first-order valence-corrected chi connectivity index (χ1v) is 13.8. The Morgan fingerprint density at radius 3 is 1.24 bits per heavy atom. The van der Waals surface area contributed by atoms with E-state index >= 15 is 0 Å². The second-order valence-corrected chi connectivity index (χ2v) is 14.2. The predicted octanol–water partition coefficient (Wildman–Crippen LogP) is 4.71. The molecule has 6 nitrogen and oxygen atoms in total. The van der Waals surface area contributed by atoms with Gasteiger partial charge in [0.05, 0.1) is 0 Å². The summed E-state index contributed by atoms with van der Waals surface area (Å²) in [5.41, 5.74) is 1.60. The molecule has 2 fully saturated rings. The summed E-state index contributed by atoms with van der Waals surface area (Å²) < 4.78 is 0. The minimum atomic E-state index is -0.983. The third-order valence-electron chi connectivity index (χ3n) is 9.75. The van der Waals surface area contributed by atoms with E-state index in [1.807, 2.05) is 41.8 Å². The highest BCUT2D eigenvalue weighted by Gasteiger charge is 2.56. The number of rotatable bonds is 0. The van der Waals surface area contributed by atoms with Gasteiger partial charge in [-0.1, -0.05) is 52.0 Å². The van der Waals surface area contributed by atoms with Gasteiger partial charge in [0.25, 0.3) is 0 Å². The lowest BCUT2D eigenvalue weighted by Crippen LogP contribution is -2.57. The average molecular weight is 515 g/mol. The standard InChI is InChI=1S/C32H38N2O4/c1-29(2)13-22(35)31(23(36)14-29)11-20-9-7-19-8-10-21-12-32(24(37)15-30(3,4)16-25(32)38)18-34(6)28(21)26(19)27(20)33(5)17-31/h7-10H,11-18H2,1-6H3. The average Bonchev–Trinajstić information content (AvgIpc) is 2.79. The summed E-state index contributed by atoms with van der Waals surface area (Å²) in [7, 11) is 3.97. The van der Waals surface area contributed by atoms with Crippen molar-refractivity contribution >= 4 is 45.3 Å². The molecule has 2 saturated carbocycles. The number of benzene rings is 2. The molecule has 2 spiro atoms. The molecule has 2 aliphatic heterocycles. The fraction of sp³-hybridized carbons (Fsp3) is 0.562. The molecule has 200 valence electrons. The summed E-state index contributed by atoms with van der Waals surface area (Å²) in [5.74, 6) is 0.232. The van der Waals surface area contributed by atoms with Gasteiger partial charge in [-0.2, -0.15) is 0 Å². The van der Waals surface area contributed by atoms with Crippen LogP contribution in [0.25, 0.3) is 10.8 Å². The lowest BCUT2D eigenvalue weighted by atomic mass is 9.59. The van der Waals surface area contributed by atoms with E-state index in [-0.39, 0.29) is 34.0 Å². The van der Waals surface area contributed by atoms with Gasteiger partial charge in [-0.05, 0) is 40.2 Å². The van der Waals surface area contributed by atoms with Crippen LogP contribution < -0.4 is 9.80 Å². The van der Waals surface area contributed by atoms with Gasteiger partial charge in [0.1, 0.15) is 34.0 Å². The Morgan fingerprint density at radius 1 is 0.553 bits per heavy atom. The van der Waals surface area contributed by atoms with E-state index in [1.165, 1.54) is 0 Å². The fourth-order valence-corrected chi connectivity index (χ4v) is 7.95. The van der Waals surface area contributed by atoms with Crippen molar-refractivity contribution in [3.63, 3.8) is 0 Å². The molecule has 0 atom stereocenters. The Labute approximate surface area is 224 Å². The van der Waals surface area contributed by atoms with Crippen molar-refractivity contribution < 1.29 is 19.2 Å². The Hall–Kier alpha value is -3.02. The number of anilines is 2. The van der Waals surface area contributed by atoms with Crippen LogP contribution in [-0.2, 0) is 32.0 Å². The number of nitrogens with zero attached hydrogens (tertiary/aromatic N) is 2. The number of Topliss-reactive ketones (excluding diaryl/α,β-unsaturated/α-hetero) is 4. The molecular weight excluding hydrogens is 476 g/mol. The zero-order chi connectivity index (χ0) is 27.4. The summed E-state index contributed by atoms with van der Waals surface area (Å²) >= 11 is 0. The van der Waals surface area contributed by atoms with Gasteiger partial charge >= 0.3 is 0 Å². The Balaban J connectivity index is 1.47. The molecule has 2 aromatic rings. The molecule has 0 unspecified atom stereocenters. The normalized spacial score (nSPS) is 25.2. The summed E-state index contributed by atoms with van der Waals surface area (Å²) in [6.45, 7) is 8.78. The number of fused-ring (bicyclic) bond motifs is 5. The van der Waals surface area contributed by atoms with Crippen LogP contribution in [0.15, 0.2) is 24.3 Å². The van der Waals surface area contributed by atoms with Crippen LogP contribution in [0.2, 0.25) is 0 Å².